The number of hydrogen-bond donors (Lipinski definition) is 2. The molecular weight excluding hydrogens is 245 g/mol. The van der Waals surface area contributed by atoms with E-state index < -0.39 is 5.82 Å². The summed E-state index contributed by atoms with van der Waals surface area (Å²) in [4.78, 5) is 16.0. The van der Waals surface area contributed by atoms with Crippen LogP contribution in [0.25, 0.3) is 0 Å². The fraction of sp³-hybridized carbons (Fsp3) is 0.143. The number of rotatable bonds is 3. The Morgan fingerprint density at radius 2 is 2.21 bits per heavy atom. The third kappa shape index (κ3) is 3.07. The Hall–Kier alpha value is -2.43. The van der Waals surface area contributed by atoms with Crippen LogP contribution in [-0.4, -0.2) is 10.9 Å². The molecule has 2 rings (SSSR count). The highest BCUT2D eigenvalue weighted by molar-refractivity contribution is 5.95. The lowest BCUT2D eigenvalue weighted by molar-refractivity contribution is 0.0950. The number of nitrogens with two attached hydrogens (primary N) is 1. The van der Waals surface area contributed by atoms with Gasteiger partial charge < -0.3 is 11.1 Å². The highest BCUT2D eigenvalue weighted by Gasteiger charge is 2.10. The topological polar surface area (TPSA) is 68.0 Å². The van der Waals surface area contributed by atoms with Gasteiger partial charge in [-0.25, -0.2) is 4.39 Å². The van der Waals surface area contributed by atoms with Crippen molar-refractivity contribution in [2.75, 3.05) is 5.73 Å². The van der Waals surface area contributed by atoms with Crippen LogP contribution < -0.4 is 11.1 Å². The fourth-order valence-electron chi connectivity index (χ4n) is 1.61. The highest BCUT2D eigenvalue weighted by Crippen LogP contribution is 2.17. The van der Waals surface area contributed by atoms with Gasteiger partial charge in [0.1, 0.15) is 5.82 Å². The standard InChI is InChI=1S/C14H14FN3O/c1-9-12(15)6-10(7-13(9)16)14(19)18-8-11-4-2-3-5-17-11/h2-7H,8,16H2,1H3,(H,18,19). The van der Waals surface area contributed by atoms with Gasteiger partial charge in [0.15, 0.2) is 0 Å². The predicted molar refractivity (Wildman–Crippen MR) is 71.0 cm³/mol. The zero-order valence-corrected chi connectivity index (χ0v) is 10.5. The van der Waals surface area contributed by atoms with Gasteiger partial charge in [-0.15, -0.1) is 0 Å². The second-order valence-electron chi connectivity index (χ2n) is 4.18. The Balaban J connectivity index is 2.08. The van der Waals surface area contributed by atoms with Gasteiger partial charge in [0.25, 0.3) is 5.91 Å². The Morgan fingerprint density at radius 3 is 2.84 bits per heavy atom. The van der Waals surface area contributed by atoms with E-state index in [0.717, 1.165) is 5.69 Å². The number of hydrogen-bond acceptors (Lipinski definition) is 3. The number of nitrogen functional groups attached to an aromatic ring is 1. The smallest absolute Gasteiger partial charge is 0.251 e. The molecule has 2 aromatic rings. The lowest BCUT2D eigenvalue weighted by Crippen LogP contribution is -2.23. The lowest BCUT2D eigenvalue weighted by atomic mass is 10.1. The van der Waals surface area contributed by atoms with Gasteiger partial charge in [0, 0.05) is 23.0 Å². The third-order valence-electron chi connectivity index (χ3n) is 2.80. The number of amides is 1. The minimum absolute atomic E-state index is 0.205. The van der Waals surface area contributed by atoms with Gasteiger partial charge in [0.05, 0.1) is 12.2 Å². The molecule has 19 heavy (non-hydrogen) atoms. The van der Waals surface area contributed by atoms with E-state index in [-0.39, 0.29) is 23.7 Å². The third-order valence-corrected chi connectivity index (χ3v) is 2.80. The molecule has 1 amide bonds. The van der Waals surface area contributed by atoms with E-state index in [0.29, 0.717) is 5.56 Å². The van der Waals surface area contributed by atoms with Crippen molar-refractivity contribution in [2.45, 2.75) is 13.5 Å². The molecule has 0 radical (unpaired) electrons. The minimum atomic E-state index is -0.483. The summed E-state index contributed by atoms with van der Waals surface area (Å²) in [5.74, 6) is -0.862. The lowest BCUT2D eigenvalue weighted by Gasteiger charge is -2.08. The molecule has 0 saturated heterocycles. The Bertz CT molecular complexity index is 576. The molecule has 5 heteroatoms. The summed E-state index contributed by atoms with van der Waals surface area (Å²) in [7, 11) is 0. The molecule has 0 aliphatic carbocycles. The average Bonchev–Trinajstić information content (AvgIpc) is 2.42. The van der Waals surface area contributed by atoms with E-state index in [2.05, 4.69) is 10.3 Å². The van der Waals surface area contributed by atoms with Crippen LogP contribution in [0.2, 0.25) is 0 Å². The average molecular weight is 259 g/mol. The number of aromatic nitrogens is 1. The molecule has 0 spiro atoms. The van der Waals surface area contributed by atoms with Crippen molar-refractivity contribution < 1.29 is 9.18 Å². The first-order valence-corrected chi connectivity index (χ1v) is 5.81. The van der Waals surface area contributed by atoms with Gasteiger partial charge in [-0.05, 0) is 31.2 Å². The highest BCUT2D eigenvalue weighted by atomic mass is 19.1. The predicted octanol–water partition coefficient (Wildman–Crippen LogP) is 2.04. The van der Waals surface area contributed by atoms with Gasteiger partial charge in [0.2, 0.25) is 0 Å². The largest absolute Gasteiger partial charge is 0.398 e. The number of benzene rings is 1. The summed E-state index contributed by atoms with van der Waals surface area (Å²) in [6.07, 6.45) is 1.64. The maximum Gasteiger partial charge on any atom is 0.251 e. The van der Waals surface area contributed by atoms with E-state index in [4.69, 9.17) is 5.73 Å². The van der Waals surface area contributed by atoms with Crippen molar-refractivity contribution >= 4 is 11.6 Å². The van der Waals surface area contributed by atoms with Crippen LogP contribution in [0.4, 0.5) is 10.1 Å². The number of anilines is 1. The van der Waals surface area contributed by atoms with Crippen LogP contribution in [0.5, 0.6) is 0 Å². The van der Waals surface area contributed by atoms with Crippen molar-refractivity contribution in [3.05, 3.63) is 59.2 Å². The molecule has 0 atom stereocenters. The van der Waals surface area contributed by atoms with Gasteiger partial charge >= 0.3 is 0 Å². The summed E-state index contributed by atoms with van der Waals surface area (Å²) in [5, 5.41) is 2.67. The molecule has 1 heterocycles. The fourth-order valence-corrected chi connectivity index (χ4v) is 1.61. The summed E-state index contributed by atoms with van der Waals surface area (Å²) in [6.45, 7) is 1.86. The Kier molecular flexibility index (Phi) is 3.75. The summed E-state index contributed by atoms with van der Waals surface area (Å²) >= 11 is 0. The van der Waals surface area contributed by atoms with Crippen molar-refractivity contribution in [2.24, 2.45) is 0 Å². The molecule has 0 aliphatic heterocycles. The number of nitrogens with zero attached hydrogens (tertiary/aromatic N) is 1. The van der Waals surface area contributed by atoms with Crippen LogP contribution in [-0.2, 0) is 6.54 Å². The number of nitrogens with one attached hydrogen (secondary N) is 1. The number of pyridine rings is 1. The van der Waals surface area contributed by atoms with Crippen LogP contribution in [0.15, 0.2) is 36.5 Å². The molecular formula is C14H14FN3O. The second-order valence-corrected chi connectivity index (χ2v) is 4.18. The maximum atomic E-state index is 13.5. The summed E-state index contributed by atoms with van der Waals surface area (Å²) in [5.41, 5.74) is 7.19. The Labute approximate surface area is 110 Å². The molecule has 3 N–H and O–H groups in total. The van der Waals surface area contributed by atoms with E-state index in [1.54, 1.807) is 25.3 Å². The molecule has 1 aromatic heterocycles. The molecule has 0 bridgehead atoms. The quantitative estimate of drug-likeness (QED) is 0.829. The van der Waals surface area contributed by atoms with Crippen LogP contribution >= 0.6 is 0 Å². The van der Waals surface area contributed by atoms with E-state index in [1.807, 2.05) is 6.07 Å². The number of carbonyl (C=O) groups excluding carboxylic acids is 1. The van der Waals surface area contributed by atoms with Crippen LogP contribution in [0, 0.1) is 12.7 Å². The first kappa shape index (κ1) is 13.0. The molecule has 0 saturated carbocycles. The number of halogens is 1. The van der Waals surface area contributed by atoms with Crippen molar-refractivity contribution in [3.8, 4) is 0 Å². The van der Waals surface area contributed by atoms with Crippen molar-refractivity contribution in [1.82, 2.24) is 10.3 Å². The molecule has 0 unspecified atom stereocenters. The molecule has 0 aliphatic rings. The monoisotopic (exact) mass is 259 g/mol. The zero-order valence-electron chi connectivity index (χ0n) is 10.5. The first-order valence-electron chi connectivity index (χ1n) is 5.81. The van der Waals surface area contributed by atoms with Gasteiger partial charge in [-0.2, -0.15) is 0 Å². The van der Waals surface area contributed by atoms with E-state index >= 15 is 0 Å². The number of carbonyl (C=O) groups is 1. The van der Waals surface area contributed by atoms with Crippen molar-refractivity contribution in [3.63, 3.8) is 0 Å². The van der Waals surface area contributed by atoms with Gasteiger partial charge in [-0.3, -0.25) is 9.78 Å². The summed E-state index contributed by atoms with van der Waals surface area (Å²) < 4.78 is 13.5. The molecule has 1 aromatic carbocycles. The van der Waals surface area contributed by atoms with Crippen molar-refractivity contribution in [1.29, 1.82) is 0 Å². The van der Waals surface area contributed by atoms with Crippen LogP contribution in [0.3, 0.4) is 0 Å². The SMILES string of the molecule is Cc1c(N)cc(C(=O)NCc2ccccn2)cc1F. The normalized spacial score (nSPS) is 10.2. The minimum Gasteiger partial charge on any atom is -0.398 e. The summed E-state index contributed by atoms with van der Waals surface area (Å²) in [6, 6.07) is 8.06. The first-order chi connectivity index (χ1) is 9.08. The van der Waals surface area contributed by atoms with E-state index in [9.17, 15) is 9.18 Å². The molecule has 4 nitrogen and oxygen atoms in total. The second kappa shape index (κ2) is 5.48. The van der Waals surface area contributed by atoms with Gasteiger partial charge in [-0.1, -0.05) is 6.07 Å². The Morgan fingerprint density at radius 1 is 1.42 bits per heavy atom. The molecule has 98 valence electrons. The maximum absolute atomic E-state index is 13.5. The van der Waals surface area contributed by atoms with Crippen LogP contribution in [0.1, 0.15) is 21.6 Å². The zero-order chi connectivity index (χ0) is 13.8. The van der Waals surface area contributed by atoms with E-state index in [1.165, 1.54) is 12.1 Å². The molecule has 0 fully saturated rings.